The number of hydrogen-bond acceptors (Lipinski definition) is 5. The van der Waals surface area contributed by atoms with Gasteiger partial charge in [-0.05, 0) is 50.7 Å². The van der Waals surface area contributed by atoms with E-state index in [1.165, 1.54) is 36.8 Å². The molecular formula is C22H31N5. The normalized spacial score (nSPS) is 26.6. The molecule has 0 aromatic carbocycles. The number of amidine groups is 2. The van der Waals surface area contributed by atoms with E-state index in [2.05, 4.69) is 59.6 Å². The lowest BCUT2D eigenvalue weighted by Crippen LogP contribution is -2.52. The Hall–Kier alpha value is -2.14. The van der Waals surface area contributed by atoms with Gasteiger partial charge in [0.2, 0.25) is 0 Å². The highest BCUT2D eigenvalue weighted by Gasteiger charge is 2.30. The van der Waals surface area contributed by atoms with Crippen molar-refractivity contribution in [2.24, 2.45) is 9.98 Å². The van der Waals surface area contributed by atoms with Crippen LogP contribution in [0.2, 0.25) is 0 Å². The average molecular weight is 366 g/mol. The number of nitrogens with one attached hydrogen (secondary N) is 1. The Morgan fingerprint density at radius 1 is 1.07 bits per heavy atom. The van der Waals surface area contributed by atoms with Crippen LogP contribution in [0.1, 0.15) is 46.0 Å². The van der Waals surface area contributed by atoms with Crippen LogP contribution in [-0.4, -0.2) is 53.7 Å². The lowest BCUT2D eigenvalue weighted by Gasteiger charge is -2.37. The number of allylic oxidation sites excluding steroid dienone is 4. The molecule has 1 aliphatic carbocycles. The molecule has 1 unspecified atom stereocenters. The molecule has 4 aliphatic rings. The molecule has 0 aromatic rings. The zero-order chi connectivity index (χ0) is 18.6. The van der Waals surface area contributed by atoms with Crippen molar-refractivity contribution in [3.63, 3.8) is 0 Å². The van der Waals surface area contributed by atoms with Gasteiger partial charge in [0.05, 0.1) is 11.7 Å². The molecule has 1 saturated heterocycles. The van der Waals surface area contributed by atoms with Crippen LogP contribution in [-0.2, 0) is 0 Å². The molecule has 0 amide bonds. The van der Waals surface area contributed by atoms with Gasteiger partial charge < -0.3 is 15.1 Å². The quantitative estimate of drug-likeness (QED) is 0.772. The average Bonchev–Trinajstić information content (AvgIpc) is 2.83. The van der Waals surface area contributed by atoms with E-state index in [1.807, 2.05) is 0 Å². The fourth-order valence-electron chi connectivity index (χ4n) is 3.91. The molecule has 0 saturated carbocycles. The van der Waals surface area contributed by atoms with E-state index in [9.17, 15) is 0 Å². The highest BCUT2D eigenvalue weighted by Crippen LogP contribution is 2.28. The minimum atomic E-state index is 0.214. The van der Waals surface area contributed by atoms with E-state index in [1.54, 1.807) is 0 Å². The summed E-state index contributed by atoms with van der Waals surface area (Å²) in [5, 5.41) is 3.44. The van der Waals surface area contributed by atoms with Crippen molar-refractivity contribution < 1.29 is 0 Å². The Bertz CT molecular complexity index is 747. The molecule has 0 radical (unpaired) electrons. The molecule has 0 aromatic heterocycles. The van der Waals surface area contributed by atoms with Crippen LogP contribution in [0.15, 0.2) is 57.5 Å². The molecule has 5 nitrogen and oxygen atoms in total. The SMILES string of the molecule is CC1=CN2C=C(C3=CC=CCCCCC3)N=C(N3CCNCC3)C2=NC1C. The van der Waals surface area contributed by atoms with Crippen LogP contribution in [0.25, 0.3) is 0 Å². The minimum absolute atomic E-state index is 0.214. The highest BCUT2D eigenvalue weighted by molar-refractivity contribution is 6.41. The molecule has 5 heteroatoms. The first-order valence-electron chi connectivity index (χ1n) is 10.4. The van der Waals surface area contributed by atoms with Crippen LogP contribution in [0.5, 0.6) is 0 Å². The molecular weight excluding hydrogens is 334 g/mol. The summed E-state index contributed by atoms with van der Waals surface area (Å²) < 4.78 is 0. The monoisotopic (exact) mass is 365 g/mol. The second-order valence-corrected chi connectivity index (χ2v) is 7.82. The van der Waals surface area contributed by atoms with Crippen LogP contribution in [0.4, 0.5) is 0 Å². The summed E-state index contributed by atoms with van der Waals surface area (Å²) in [6.07, 6.45) is 17.3. The summed E-state index contributed by atoms with van der Waals surface area (Å²) >= 11 is 0. The van der Waals surface area contributed by atoms with Crippen LogP contribution in [0, 0.1) is 0 Å². The van der Waals surface area contributed by atoms with Gasteiger partial charge >= 0.3 is 0 Å². The molecule has 144 valence electrons. The molecule has 1 fully saturated rings. The fourth-order valence-corrected chi connectivity index (χ4v) is 3.91. The molecule has 27 heavy (non-hydrogen) atoms. The first-order chi connectivity index (χ1) is 13.2. The van der Waals surface area contributed by atoms with Gasteiger partial charge in [-0.25, -0.2) is 4.99 Å². The van der Waals surface area contributed by atoms with Crippen molar-refractivity contribution in [2.75, 3.05) is 26.2 Å². The Morgan fingerprint density at radius 3 is 2.78 bits per heavy atom. The van der Waals surface area contributed by atoms with E-state index < -0.39 is 0 Å². The largest absolute Gasteiger partial charge is 0.351 e. The summed E-state index contributed by atoms with van der Waals surface area (Å²) in [6.45, 7) is 8.29. The van der Waals surface area contributed by atoms with Gasteiger partial charge in [-0.1, -0.05) is 24.6 Å². The number of fused-ring (bicyclic) bond motifs is 1. The number of nitrogens with zero attached hydrogens (tertiary/aromatic N) is 4. The Morgan fingerprint density at radius 2 is 1.93 bits per heavy atom. The maximum absolute atomic E-state index is 5.15. The summed E-state index contributed by atoms with van der Waals surface area (Å²) in [5.41, 5.74) is 3.72. The Kier molecular flexibility index (Phi) is 5.58. The first kappa shape index (κ1) is 18.2. The van der Waals surface area contributed by atoms with Gasteiger partial charge in [0.25, 0.3) is 0 Å². The summed E-state index contributed by atoms with van der Waals surface area (Å²) in [5.74, 6) is 2.03. The van der Waals surface area contributed by atoms with Crippen LogP contribution >= 0.6 is 0 Å². The summed E-state index contributed by atoms with van der Waals surface area (Å²) in [4.78, 5) is 14.7. The number of hydrogen-bond donors (Lipinski definition) is 1. The van der Waals surface area contributed by atoms with Crippen LogP contribution in [0.3, 0.4) is 0 Å². The zero-order valence-corrected chi connectivity index (χ0v) is 16.6. The molecule has 3 heterocycles. The molecule has 0 spiro atoms. The molecule has 1 atom stereocenters. The van der Waals surface area contributed by atoms with E-state index in [0.29, 0.717) is 0 Å². The molecule has 0 bridgehead atoms. The summed E-state index contributed by atoms with van der Waals surface area (Å²) in [6, 6.07) is 0.214. The maximum Gasteiger partial charge on any atom is 0.176 e. The Balaban J connectivity index is 1.71. The Labute approximate surface area is 162 Å². The third-order valence-electron chi connectivity index (χ3n) is 5.75. The third-order valence-corrected chi connectivity index (χ3v) is 5.75. The molecule has 4 rings (SSSR count). The van der Waals surface area contributed by atoms with Gasteiger partial charge in [0, 0.05) is 38.6 Å². The van der Waals surface area contributed by atoms with Gasteiger partial charge in [0.1, 0.15) is 0 Å². The van der Waals surface area contributed by atoms with Crippen molar-refractivity contribution in [1.29, 1.82) is 0 Å². The lowest BCUT2D eigenvalue weighted by atomic mass is 10.0. The highest BCUT2D eigenvalue weighted by atomic mass is 15.3. The van der Waals surface area contributed by atoms with Crippen molar-refractivity contribution in [1.82, 2.24) is 15.1 Å². The van der Waals surface area contributed by atoms with Crippen LogP contribution < -0.4 is 5.32 Å². The van der Waals surface area contributed by atoms with Gasteiger partial charge in [-0.3, -0.25) is 4.99 Å². The van der Waals surface area contributed by atoms with E-state index >= 15 is 0 Å². The van der Waals surface area contributed by atoms with Crippen molar-refractivity contribution in [3.8, 4) is 0 Å². The summed E-state index contributed by atoms with van der Waals surface area (Å²) in [7, 11) is 0. The van der Waals surface area contributed by atoms with E-state index in [4.69, 9.17) is 9.98 Å². The fraction of sp³-hybridized carbons (Fsp3) is 0.545. The lowest BCUT2D eigenvalue weighted by molar-refractivity contribution is 0.358. The van der Waals surface area contributed by atoms with Gasteiger partial charge in [-0.2, -0.15) is 0 Å². The number of rotatable bonds is 1. The number of piperazine rings is 1. The molecule has 3 aliphatic heterocycles. The van der Waals surface area contributed by atoms with Gasteiger partial charge in [0.15, 0.2) is 11.7 Å². The predicted molar refractivity (Wildman–Crippen MR) is 113 cm³/mol. The minimum Gasteiger partial charge on any atom is -0.351 e. The van der Waals surface area contributed by atoms with Crippen molar-refractivity contribution in [2.45, 2.75) is 52.0 Å². The smallest absolute Gasteiger partial charge is 0.176 e. The first-order valence-corrected chi connectivity index (χ1v) is 10.4. The van der Waals surface area contributed by atoms with E-state index in [-0.39, 0.29) is 6.04 Å². The maximum atomic E-state index is 5.15. The van der Waals surface area contributed by atoms with Crippen molar-refractivity contribution >= 4 is 11.7 Å². The predicted octanol–water partition coefficient (Wildman–Crippen LogP) is 3.60. The third kappa shape index (κ3) is 4.08. The second-order valence-electron chi connectivity index (χ2n) is 7.82. The second kappa shape index (κ2) is 8.26. The zero-order valence-electron chi connectivity index (χ0n) is 16.6. The van der Waals surface area contributed by atoms with E-state index in [0.717, 1.165) is 50.0 Å². The van der Waals surface area contributed by atoms with Gasteiger partial charge in [-0.15, -0.1) is 0 Å². The molecule has 1 N–H and O–H groups in total. The van der Waals surface area contributed by atoms with Crippen molar-refractivity contribution in [3.05, 3.63) is 47.5 Å². The standard InChI is InChI=1S/C22H31N5/c1-17-15-27-16-20(19-9-7-5-3-4-6-8-10-19)25-22(21(27)24-18(17)2)26-13-11-23-12-14-26/h5,7,9,15-16,18,23H,3-4,6,8,10-14H2,1-2H3. The topological polar surface area (TPSA) is 43.2 Å². The number of aliphatic imine (C=N–C) groups is 2.